The minimum absolute atomic E-state index is 0.0486. The number of alkyl halides is 1. The molecule has 14 heavy (non-hydrogen) atoms. The van der Waals surface area contributed by atoms with Crippen LogP contribution in [0, 0.1) is 0 Å². The molecule has 1 aromatic heterocycles. The zero-order valence-electron chi connectivity index (χ0n) is 7.75. The van der Waals surface area contributed by atoms with Crippen molar-refractivity contribution in [2.75, 3.05) is 24.9 Å². The highest BCUT2D eigenvalue weighted by molar-refractivity contribution is 7.15. The Labute approximate surface area is 91.2 Å². The number of amides is 1. The molecule has 0 aromatic carbocycles. The zero-order valence-corrected chi connectivity index (χ0v) is 9.32. The van der Waals surface area contributed by atoms with Crippen LogP contribution in [-0.2, 0) is 16.0 Å². The van der Waals surface area contributed by atoms with Gasteiger partial charge in [0.25, 0.3) is 0 Å². The smallest absolute Gasteiger partial charge is 0.241 e. The van der Waals surface area contributed by atoms with Crippen LogP contribution in [0.3, 0.4) is 0 Å². The second-order valence-electron chi connectivity index (χ2n) is 2.56. The van der Waals surface area contributed by atoms with E-state index in [1.165, 1.54) is 11.3 Å². The molecule has 0 radical (unpaired) electrons. The van der Waals surface area contributed by atoms with Crippen LogP contribution in [0.1, 0.15) is 4.88 Å². The van der Waals surface area contributed by atoms with Crippen LogP contribution in [0.2, 0.25) is 0 Å². The number of thiazole rings is 1. The molecule has 78 valence electrons. The van der Waals surface area contributed by atoms with Crippen molar-refractivity contribution in [2.45, 2.75) is 6.42 Å². The molecule has 0 fully saturated rings. The van der Waals surface area contributed by atoms with Crippen molar-refractivity contribution < 1.29 is 9.53 Å². The summed E-state index contributed by atoms with van der Waals surface area (Å²) in [7, 11) is 1.65. The van der Waals surface area contributed by atoms with Crippen LogP contribution in [0.5, 0.6) is 0 Å². The molecule has 1 amide bonds. The molecular weight excluding hydrogens is 224 g/mol. The van der Waals surface area contributed by atoms with Gasteiger partial charge < -0.3 is 10.1 Å². The predicted molar refractivity (Wildman–Crippen MR) is 57.0 cm³/mol. The molecule has 1 heterocycles. The van der Waals surface area contributed by atoms with E-state index in [4.69, 9.17) is 16.3 Å². The third-order valence-corrected chi connectivity index (χ3v) is 2.69. The quantitative estimate of drug-likeness (QED) is 0.786. The molecule has 4 nitrogen and oxygen atoms in total. The highest BCUT2D eigenvalue weighted by Gasteiger charge is 2.04. The Morgan fingerprint density at radius 2 is 2.57 bits per heavy atom. The fourth-order valence-corrected chi connectivity index (χ4v) is 1.71. The van der Waals surface area contributed by atoms with Crippen molar-refractivity contribution in [3.8, 4) is 0 Å². The Hall–Kier alpha value is -0.650. The average Bonchev–Trinajstić information content (AvgIpc) is 2.62. The number of methoxy groups -OCH3 is 1. The van der Waals surface area contributed by atoms with Crippen molar-refractivity contribution in [1.29, 1.82) is 0 Å². The van der Waals surface area contributed by atoms with Gasteiger partial charge >= 0.3 is 0 Å². The summed E-state index contributed by atoms with van der Waals surface area (Å²) in [6, 6.07) is 0. The molecule has 1 N–H and O–H groups in total. The molecule has 0 unspecified atom stereocenters. The molecule has 0 atom stereocenters. The summed E-state index contributed by atoms with van der Waals surface area (Å²) in [5, 5.41) is 3.17. The van der Waals surface area contributed by atoms with E-state index in [1.807, 2.05) is 0 Å². The minimum Gasteiger partial charge on any atom is -0.384 e. The molecule has 0 bridgehead atoms. The maximum atomic E-state index is 10.9. The predicted octanol–water partition coefficient (Wildman–Crippen LogP) is 1.51. The van der Waals surface area contributed by atoms with Gasteiger partial charge in [0, 0.05) is 24.6 Å². The monoisotopic (exact) mass is 234 g/mol. The SMILES string of the molecule is COCCc1cnc(NC(=O)CCl)s1. The van der Waals surface area contributed by atoms with Gasteiger partial charge in [-0.25, -0.2) is 4.98 Å². The third kappa shape index (κ3) is 3.61. The van der Waals surface area contributed by atoms with E-state index in [1.54, 1.807) is 13.3 Å². The molecule has 0 saturated carbocycles. The normalized spacial score (nSPS) is 10.1. The first kappa shape index (κ1) is 11.4. The Morgan fingerprint density at radius 1 is 1.79 bits per heavy atom. The standard InChI is InChI=1S/C8H11ClN2O2S/c1-13-3-2-6-5-10-8(14-6)11-7(12)4-9/h5H,2-4H2,1H3,(H,10,11,12). The molecular formula is C8H11ClN2O2S. The lowest BCUT2D eigenvalue weighted by Gasteiger charge is -1.95. The first-order chi connectivity index (χ1) is 6.76. The van der Waals surface area contributed by atoms with E-state index in [2.05, 4.69) is 10.3 Å². The summed E-state index contributed by atoms with van der Waals surface area (Å²) < 4.78 is 4.93. The maximum Gasteiger partial charge on any atom is 0.241 e. The minimum atomic E-state index is -0.237. The number of rotatable bonds is 5. The topological polar surface area (TPSA) is 51.2 Å². The van der Waals surface area contributed by atoms with Crippen molar-refractivity contribution in [2.24, 2.45) is 0 Å². The number of anilines is 1. The molecule has 6 heteroatoms. The van der Waals surface area contributed by atoms with Crippen LogP contribution in [0.25, 0.3) is 0 Å². The third-order valence-electron chi connectivity index (χ3n) is 1.47. The second kappa shape index (κ2) is 5.95. The Morgan fingerprint density at radius 3 is 3.21 bits per heavy atom. The van der Waals surface area contributed by atoms with E-state index >= 15 is 0 Å². The highest BCUT2D eigenvalue weighted by Crippen LogP contribution is 2.18. The van der Waals surface area contributed by atoms with Crippen molar-refractivity contribution in [1.82, 2.24) is 4.98 Å². The molecule has 1 aromatic rings. The van der Waals surface area contributed by atoms with Gasteiger partial charge in [0.1, 0.15) is 5.88 Å². The summed E-state index contributed by atoms with van der Waals surface area (Å²) in [6.45, 7) is 0.658. The largest absolute Gasteiger partial charge is 0.384 e. The molecule has 0 aliphatic rings. The number of hydrogen-bond donors (Lipinski definition) is 1. The van der Waals surface area contributed by atoms with Crippen molar-refractivity contribution in [3.05, 3.63) is 11.1 Å². The lowest BCUT2D eigenvalue weighted by atomic mass is 10.4. The number of nitrogens with one attached hydrogen (secondary N) is 1. The summed E-state index contributed by atoms with van der Waals surface area (Å²) in [4.78, 5) is 16.0. The molecule has 0 spiro atoms. The number of carbonyl (C=O) groups excluding carboxylic acids is 1. The van der Waals surface area contributed by atoms with Crippen molar-refractivity contribution in [3.63, 3.8) is 0 Å². The Bertz CT molecular complexity index is 303. The number of carbonyl (C=O) groups is 1. The number of hydrogen-bond acceptors (Lipinski definition) is 4. The fraction of sp³-hybridized carbons (Fsp3) is 0.500. The van der Waals surface area contributed by atoms with Gasteiger partial charge in [0.05, 0.1) is 6.61 Å². The van der Waals surface area contributed by atoms with E-state index in [-0.39, 0.29) is 11.8 Å². The first-order valence-electron chi connectivity index (χ1n) is 4.05. The van der Waals surface area contributed by atoms with Crippen LogP contribution >= 0.6 is 22.9 Å². The summed E-state index contributed by atoms with van der Waals surface area (Å²) >= 11 is 6.77. The maximum absolute atomic E-state index is 10.9. The molecule has 1 rings (SSSR count). The highest BCUT2D eigenvalue weighted by atomic mass is 35.5. The molecule has 0 aliphatic carbocycles. The Balaban J connectivity index is 2.46. The zero-order chi connectivity index (χ0) is 10.4. The molecule has 0 saturated heterocycles. The summed E-state index contributed by atoms with van der Waals surface area (Å²) in [5.74, 6) is -0.285. The van der Waals surface area contributed by atoms with Crippen LogP contribution in [0.4, 0.5) is 5.13 Å². The van der Waals surface area contributed by atoms with Gasteiger partial charge in [-0.15, -0.1) is 22.9 Å². The molecule has 0 aliphatic heterocycles. The van der Waals surface area contributed by atoms with Crippen LogP contribution in [0.15, 0.2) is 6.20 Å². The van der Waals surface area contributed by atoms with Gasteiger partial charge in [-0.05, 0) is 0 Å². The fourth-order valence-electron chi connectivity index (χ4n) is 0.836. The summed E-state index contributed by atoms with van der Waals surface area (Å²) in [6.07, 6.45) is 2.54. The lowest BCUT2D eigenvalue weighted by Crippen LogP contribution is -2.11. The lowest BCUT2D eigenvalue weighted by molar-refractivity contribution is -0.113. The van der Waals surface area contributed by atoms with E-state index in [0.717, 1.165) is 11.3 Å². The van der Waals surface area contributed by atoms with Gasteiger partial charge in [-0.1, -0.05) is 0 Å². The first-order valence-corrected chi connectivity index (χ1v) is 5.41. The van der Waals surface area contributed by atoms with Crippen LogP contribution < -0.4 is 5.32 Å². The van der Waals surface area contributed by atoms with Crippen molar-refractivity contribution >= 4 is 34.0 Å². The van der Waals surface area contributed by atoms with Gasteiger partial charge in [-0.2, -0.15) is 0 Å². The van der Waals surface area contributed by atoms with Gasteiger partial charge in [-0.3, -0.25) is 4.79 Å². The second-order valence-corrected chi connectivity index (χ2v) is 3.94. The van der Waals surface area contributed by atoms with Gasteiger partial charge in [0.2, 0.25) is 5.91 Å². The number of ether oxygens (including phenoxy) is 1. The van der Waals surface area contributed by atoms with E-state index in [9.17, 15) is 4.79 Å². The number of halogens is 1. The number of nitrogens with zero attached hydrogens (tertiary/aromatic N) is 1. The Kier molecular flexibility index (Phi) is 4.86. The van der Waals surface area contributed by atoms with E-state index < -0.39 is 0 Å². The van der Waals surface area contributed by atoms with E-state index in [0.29, 0.717) is 11.7 Å². The summed E-state index contributed by atoms with van der Waals surface area (Å²) in [5.41, 5.74) is 0. The number of aromatic nitrogens is 1. The van der Waals surface area contributed by atoms with Crippen LogP contribution in [-0.4, -0.2) is 30.5 Å². The van der Waals surface area contributed by atoms with Gasteiger partial charge in [0.15, 0.2) is 5.13 Å². The average molecular weight is 235 g/mol.